The largest absolute Gasteiger partial charge is 0.463 e. The number of aliphatic hydroxyl groups is 1. The maximum atomic E-state index is 12.0. The summed E-state index contributed by atoms with van der Waals surface area (Å²) in [6.45, 7) is 32.5. The topological polar surface area (TPSA) is 391 Å². The standard InChI is InChI=1S/C24H34N2O8.2C24H32N2O8/c1-15(2)21(27)31-13-17(5)33-23(29)25-11-19-8-7-9-20(10-19)12-26-24(30)34-18(6)14-32-22(28)16(3)4;1-5-21(27)31-11-6-7-12-32-23(29)25-14-19-9-8-10-20(13-19)15-26-24(30)34-18(4)16-33-22(28)17(2)3;1-3-21(27)31-12-5-7-14-33-23(29)25-17-19-10-9-11-20(16-19)18-26-24(30)34-15-8-6-13-32-22(28)4-2/h7-10,17-18,23,25,29H,1,3,11-14H2,2,4-6H3,(H,26,30);5,8-10,13,18H,1-2,6-7,11-12,14-16H2,3-4H3,(H,25,29)(H,26,30);3-4,9-11,16H,1-2,5-8,12-15,17-18H2,(H,25,29)(H,26,30). The zero-order chi connectivity index (χ0) is 76.0. The highest BCUT2D eigenvalue weighted by Gasteiger charge is 2.17. The Kier molecular flexibility index (Phi) is 47.2. The summed E-state index contributed by atoms with van der Waals surface area (Å²) in [4.78, 5) is 126. The van der Waals surface area contributed by atoms with Crippen molar-refractivity contribution in [2.75, 3.05) is 59.5 Å². The van der Waals surface area contributed by atoms with Crippen LogP contribution in [-0.2, 0) is 125 Å². The van der Waals surface area contributed by atoms with Crippen molar-refractivity contribution in [2.24, 2.45) is 0 Å². The maximum Gasteiger partial charge on any atom is 0.407 e. The smallest absolute Gasteiger partial charge is 0.407 e. The van der Waals surface area contributed by atoms with Crippen molar-refractivity contribution < 1.29 is 115 Å². The van der Waals surface area contributed by atoms with Gasteiger partial charge in [-0.15, -0.1) is 0 Å². The summed E-state index contributed by atoms with van der Waals surface area (Å²) in [6, 6.07) is 22.0. The summed E-state index contributed by atoms with van der Waals surface area (Å²) in [5, 5.41) is 26.0. The molecule has 3 aromatic rings. The van der Waals surface area contributed by atoms with Crippen molar-refractivity contribution in [3.63, 3.8) is 0 Å². The second-order valence-corrected chi connectivity index (χ2v) is 22.1. The molecule has 3 aromatic carbocycles. The fourth-order valence-corrected chi connectivity index (χ4v) is 7.35. The molecule has 3 rings (SSSR count). The van der Waals surface area contributed by atoms with Crippen LogP contribution in [0, 0.1) is 0 Å². The minimum Gasteiger partial charge on any atom is -0.463 e. The van der Waals surface area contributed by atoms with Gasteiger partial charge in [-0.3, -0.25) is 5.32 Å². The second-order valence-electron chi connectivity index (χ2n) is 22.1. The number of carbonyl (C=O) groups is 11. The van der Waals surface area contributed by atoms with Crippen LogP contribution in [0.2, 0.25) is 0 Å². The highest BCUT2D eigenvalue weighted by Crippen LogP contribution is 2.11. The zero-order valence-corrected chi connectivity index (χ0v) is 58.9. The number of unbranched alkanes of at least 4 members (excludes halogenated alkanes) is 3. The molecule has 0 aliphatic carbocycles. The molecule has 0 bridgehead atoms. The molecule has 560 valence electrons. The van der Waals surface area contributed by atoms with Crippen LogP contribution in [0.3, 0.4) is 0 Å². The lowest BCUT2D eigenvalue weighted by molar-refractivity contribution is -0.170. The molecule has 30 heteroatoms. The van der Waals surface area contributed by atoms with Gasteiger partial charge in [-0.05, 0) is 113 Å². The zero-order valence-electron chi connectivity index (χ0n) is 58.9. The number of alkyl carbamates (subject to hydrolysis) is 5. The molecule has 0 aliphatic rings. The van der Waals surface area contributed by atoms with E-state index in [1.165, 1.54) is 13.8 Å². The van der Waals surface area contributed by atoms with E-state index in [9.17, 15) is 57.8 Å². The van der Waals surface area contributed by atoms with E-state index in [-0.39, 0.29) is 109 Å². The molecule has 4 atom stereocenters. The van der Waals surface area contributed by atoms with E-state index in [0.717, 1.165) is 51.6 Å². The Morgan fingerprint density at radius 2 is 0.618 bits per heavy atom. The molecule has 5 amide bonds. The summed E-state index contributed by atoms with van der Waals surface area (Å²) >= 11 is 0. The summed E-state index contributed by atoms with van der Waals surface area (Å²) in [5.74, 6) is -3.05. The molecule has 30 nitrogen and oxygen atoms in total. The van der Waals surface area contributed by atoms with Crippen LogP contribution in [-0.4, -0.2) is 156 Å². The van der Waals surface area contributed by atoms with E-state index < -0.39 is 91.0 Å². The van der Waals surface area contributed by atoms with Gasteiger partial charge in [0.25, 0.3) is 0 Å². The summed E-state index contributed by atoms with van der Waals surface area (Å²) in [6.07, 6.45) is 0.725. The molecule has 0 fully saturated rings. The number of esters is 6. The summed E-state index contributed by atoms with van der Waals surface area (Å²) in [5.41, 5.74) is 5.79. The van der Waals surface area contributed by atoms with Crippen LogP contribution < -0.4 is 31.9 Å². The average Bonchev–Trinajstić information content (AvgIpc) is 0.923. The lowest BCUT2D eigenvalue weighted by Crippen LogP contribution is -2.35. The van der Waals surface area contributed by atoms with E-state index >= 15 is 0 Å². The van der Waals surface area contributed by atoms with Gasteiger partial charge in [0.1, 0.15) is 32.0 Å². The number of aliphatic hydroxyl groups excluding tert-OH is 1. The molecular formula is C72H98N6O24. The van der Waals surface area contributed by atoms with Gasteiger partial charge in [-0.2, -0.15) is 0 Å². The lowest BCUT2D eigenvalue weighted by atomic mass is 10.1. The Morgan fingerprint density at radius 1 is 0.373 bits per heavy atom. The van der Waals surface area contributed by atoms with E-state index in [2.05, 4.69) is 71.4 Å². The third kappa shape index (κ3) is 47.2. The first-order valence-corrected chi connectivity index (χ1v) is 32.4. The van der Waals surface area contributed by atoms with Crippen molar-refractivity contribution in [2.45, 2.75) is 144 Å². The number of hydrogen-bond donors (Lipinski definition) is 7. The number of benzene rings is 3. The quantitative estimate of drug-likeness (QED) is 0.00915. The molecule has 0 heterocycles. The molecule has 0 aromatic heterocycles. The first-order valence-electron chi connectivity index (χ1n) is 32.4. The maximum absolute atomic E-state index is 12.0. The van der Waals surface area contributed by atoms with Gasteiger partial charge in [0.2, 0.25) is 6.41 Å². The van der Waals surface area contributed by atoms with Crippen molar-refractivity contribution in [3.8, 4) is 0 Å². The lowest BCUT2D eigenvalue weighted by Gasteiger charge is -2.19. The van der Waals surface area contributed by atoms with Crippen molar-refractivity contribution in [3.05, 3.63) is 181 Å². The Hall–Kier alpha value is -10.9. The molecule has 0 spiro atoms. The molecule has 0 saturated carbocycles. The molecule has 102 heavy (non-hydrogen) atoms. The van der Waals surface area contributed by atoms with Gasteiger partial charge in [0, 0.05) is 74.2 Å². The van der Waals surface area contributed by atoms with Crippen LogP contribution in [0.15, 0.2) is 147 Å². The fraction of sp³-hybridized carbons (Fsp3) is 0.431. The highest BCUT2D eigenvalue weighted by atomic mass is 16.6. The number of nitrogens with one attached hydrogen (secondary N) is 6. The average molecular weight is 1430 g/mol. The first-order chi connectivity index (χ1) is 48.6. The van der Waals surface area contributed by atoms with E-state index in [1.54, 1.807) is 33.8 Å². The molecule has 7 N–H and O–H groups in total. The predicted octanol–water partition coefficient (Wildman–Crippen LogP) is 8.62. The molecular weight excluding hydrogens is 1330 g/mol. The van der Waals surface area contributed by atoms with Gasteiger partial charge >= 0.3 is 66.3 Å². The molecule has 0 aliphatic heterocycles. The monoisotopic (exact) mass is 1430 g/mol. The van der Waals surface area contributed by atoms with Crippen molar-refractivity contribution in [1.82, 2.24) is 31.9 Å². The summed E-state index contributed by atoms with van der Waals surface area (Å²) in [7, 11) is 0. The third-order valence-corrected chi connectivity index (χ3v) is 12.6. The number of ether oxygens (including phenoxy) is 12. The number of hydrogen-bond acceptors (Lipinski definition) is 25. The van der Waals surface area contributed by atoms with Crippen molar-refractivity contribution in [1.29, 1.82) is 0 Å². The van der Waals surface area contributed by atoms with Crippen LogP contribution >= 0.6 is 0 Å². The van der Waals surface area contributed by atoms with Crippen LogP contribution in [0.25, 0.3) is 0 Å². The fourth-order valence-electron chi connectivity index (χ4n) is 7.35. The summed E-state index contributed by atoms with van der Waals surface area (Å²) < 4.78 is 60.2. The van der Waals surface area contributed by atoms with E-state index in [4.69, 9.17) is 56.8 Å². The van der Waals surface area contributed by atoms with E-state index in [0.29, 0.717) is 45.1 Å². The molecule has 0 radical (unpaired) electrons. The van der Waals surface area contributed by atoms with Crippen LogP contribution in [0.4, 0.5) is 24.0 Å². The van der Waals surface area contributed by atoms with Crippen LogP contribution in [0.1, 0.15) is 113 Å². The van der Waals surface area contributed by atoms with Gasteiger partial charge in [0.15, 0.2) is 0 Å². The van der Waals surface area contributed by atoms with Crippen LogP contribution in [0.5, 0.6) is 0 Å². The highest BCUT2D eigenvalue weighted by molar-refractivity contribution is 5.88. The second kappa shape index (κ2) is 54.0. The third-order valence-electron chi connectivity index (χ3n) is 12.6. The Morgan fingerprint density at radius 3 is 0.882 bits per heavy atom. The van der Waals surface area contributed by atoms with Crippen molar-refractivity contribution >= 4 is 66.3 Å². The SMILES string of the molecule is C=C(C)C(=O)OCC(C)OC(=O)NCc1cccc(CNC(O)OC(C)COC(=O)C(=C)C)c1.C=CC(=O)OCCCCOC(=O)NCc1cccc(CNC(=O)OC(C)COC(=O)C(=C)C)c1.C=CC(=O)OCCCCOC(=O)NCc1cccc(CNC(=O)OCCCCOC(=O)C=C)c1. The number of carbonyl (C=O) groups excluding carboxylic acids is 11. The number of amides is 5. The van der Waals surface area contributed by atoms with Gasteiger partial charge in [-0.1, -0.05) is 112 Å². The first kappa shape index (κ1) is 89.2. The predicted molar refractivity (Wildman–Crippen MR) is 371 cm³/mol. The molecule has 4 unspecified atom stereocenters. The Bertz CT molecular complexity index is 3160. The normalized spacial score (nSPS) is 11.3. The van der Waals surface area contributed by atoms with Gasteiger partial charge < -0.3 is 88.5 Å². The Balaban J connectivity index is 0.000000765. The number of rotatable bonds is 44. The van der Waals surface area contributed by atoms with Gasteiger partial charge in [0.05, 0.1) is 45.7 Å². The van der Waals surface area contributed by atoms with Gasteiger partial charge in [-0.25, -0.2) is 52.7 Å². The Labute approximate surface area is 594 Å². The molecule has 0 saturated heterocycles. The minimum absolute atomic E-state index is 0.0172. The van der Waals surface area contributed by atoms with E-state index in [1.807, 2.05) is 66.7 Å². The minimum atomic E-state index is -1.27.